The highest BCUT2D eigenvalue weighted by atomic mass is 19.4. The molecular weight excluding hydrogens is 269 g/mol. The lowest BCUT2D eigenvalue weighted by atomic mass is 10.0. The summed E-state index contributed by atoms with van der Waals surface area (Å²) in [5, 5.41) is 0. The van der Waals surface area contributed by atoms with Gasteiger partial charge >= 0.3 is 12.1 Å². The summed E-state index contributed by atoms with van der Waals surface area (Å²) in [5.74, 6) is -0.985. The van der Waals surface area contributed by atoms with Crippen LogP contribution in [0.4, 0.5) is 13.2 Å². The monoisotopic (exact) mass is 286 g/mol. The molecular formula is C15H17F3O2. The van der Waals surface area contributed by atoms with Crippen LogP contribution in [-0.2, 0) is 16.0 Å². The first-order chi connectivity index (χ1) is 9.08. The van der Waals surface area contributed by atoms with E-state index in [1.807, 2.05) is 0 Å². The van der Waals surface area contributed by atoms with Crippen molar-refractivity contribution in [2.24, 2.45) is 0 Å². The van der Waals surface area contributed by atoms with Crippen LogP contribution in [0.5, 0.6) is 0 Å². The van der Waals surface area contributed by atoms with Crippen LogP contribution in [0.2, 0.25) is 0 Å². The van der Waals surface area contributed by atoms with Crippen molar-refractivity contribution in [1.82, 2.24) is 0 Å². The van der Waals surface area contributed by atoms with Gasteiger partial charge in [-0.15, -0.1) is 0 Å². The first kappa shape index (κ1) is 16.3. The number of benzene rings is 1. The Labute approximate surface area is 116 Å². The maximum atomic E-state index is 12.9. The van der Waals surface area contributed by atoms with Crippen LogP contribution >= 0.6 is 0 Å². The third kappa shape index (κ3) is 5.91. The smallest absolute Gasteiger partial charge is 0.413 e. The van der Waals surface area contributed by atoms with Gasteiger partial charge in [0.15, 0.2) is 0 Å². The molecule has 0 N–H and O–H groups in total. The number of rotatable bonds is 3. The fourth-order valence-corrected chi connectivity index (χ4v) is 1.52. The molecule has 0 heterocycles. The Balaban J connectivity index is 2.93. The van der Waals surface area contributed by atoms with Gasteiger partial charge in [-0.25, -0.2) is 4.79 Å². The molecule has 20 heavy (non-hydrogen) atoms. The molecule has 0 aliphatic carbocycles. The van der Waals surface area contributed by atoms with Crippen molar-refractivity contribution in [3.63, 3.8) is 0 Å². The summed E-state index contributed by atoms with van der Waals surface area (Å²) in [5.41, 5.74) is -1.26. The normalized spacial score (nSPS) is 13.2. The zero-order valence-electron chi connectivity index (χ0n) is 11.6. The Morgan fingerprint density at radius 1 is 1.15 bits per heavy atom. The van der Waals surface area contributed by atoms with Crippen LogP contribution in [0.3, 0.4) is 0 Å². The van der Waals surface area contributed by atoms with Crippen LogP contribution in [0.25, 0.3) is 0 Å². The SMILES string of the molecule is CC(C)(C)OC(=O)/C=C(/Cc1ccccc1)C(F)(F)F. The van der Waals surface area contributed by atoms with E-state index in [1.54, 1.807) is 51.1 Å². The summed E-state index contributed by atoms with van der Waals surface area (Å²) in [6.45, 7) is 4.80. The van der Waals surface area contributed by atoms with Gasteiger partial charge in [0.2, 0.25) is 0 Å². The average Bonchev–Trinajstić information content (AvgIpc) is 2.25. The number of esters is 1. The van der Waals surface area contributed by atoms with Crippen molar-refractivity contribution in [2.75, 3.05) is 0 Å². The zero-order chi connectivity index (χ0) is 15.4. The second kappa shape index (κ2) is 6.11. The summed E-state index contributed by atoms with van der Waals surface area (Å²) in [6, 6.07) is 8.17. The Hall–Kier alpha value is -1.78. The molecule has 0 unspecified atom stereocenters. The minimum Gasteiger partial charge on any atom is -0.457 e. The first-order valence-electron chi connectivity index (χ1n) is 6.12. The molecule has 0 amide bonds. The lowest BCUT2D eigenvalue weighted by Gasteiger charge is -2.19. The predicted molar refractivity (Wildman–Crippen MR) is 70.1 cm³/mol. The molecule has 1 aromatic rings. The first-order valence-corrected chi connectivity index (χ1v) is 6.12. The molecule has 0 saturated heterocycles. The fraction of sp³-hybridized carbons (Fsp3) is 0.400. The molecule has 0 aliphatic rings. The average molecular weight is 286 g/mol. The molecule has 0 spiro atoms. The van der Waals surface area contributed by atoms with Gasteiger partial charge in [-0.05, 0) is 26.3 Å². The highest BCUT2D eigenvalue weighted by Crippen LogP contribution is 2.28. The number of allylic oxidation sites excluding steroid dienone is 1. The second-order valence-corrected chi connectivity index (χ2v) is 5.36. The third-order valence-corrected chi connectivity index (χ3v) is 2.30. The highest BCUT2D eigenvalue weighted by Gasteiger charge is 2.34. The molecule has 0 fully saturated rings. The van der Waals surface area contributed by atoms with Gasteiger partial charge in [-0.2, -0.15) is 13.2 Å². The molecule has 0 saturated carbocycles. The standard InChI is InChI=1S/C15H17F3O2/c1-14(2,3)20-13(19)10-12(15(16,17)18)9-11-7-5-4-6-8-11/h4-8,10H,9H2,1-3H3/b12-10-. The lowest BCUT2D eigenvalue weighted by molar-refractivity contribution is -0.149. The molecule has 2 nitrogen and oxygen atoms in total. The van der Waals surface area contributed by atoms with E-state index in [9.17, 15) is 18.0 Å². The van der Waals surface area contributed by atoms with Crippen molar-refractivity contribution < 1.29 is 22.7 Å². The van der Waals surface area contributed by atoms with Crippen LogP contribution in [-0.4, -0.2) is 17.7 Å². The molecule has 110 valence electrons. The molecule has 0 aromatic heterocycles. The third-order valence-electron chi connectivity index (χ3n) is 2.30. The van der Waals surface area contributed by atoms with Gasteiger partial charge in [0, 0.05) is 18.1 Å². The Bertz CT molecular complexity index is 482. The maximum absolute atomic E-state index is 12.9. The quantitative estimate of drug-likeness (QED) is 0.618. The van der Waals surface area contributed by atoms with Crippen LogP contribution in [0, 0.1) is 0 Å². The lowest BCUT2D eigenvalue weighted by Crippen LogP contribution is -2.24. The van der Waals surface area contributed by atoms with E-state index in [1.165, 1.54) is 0 Å². The Morgan fingerprint density at radius 3 is 2.15 bits per heavy atom. The highest BCUT2D eigenvalue weighted by molar-refractivity contribution is 5.83. The van der Waals surface area contributed by atoms with Crippen LogP contribution in [0.15, 0.2) is 42.0 Å². The molecule has 5 heteroatoms. The molecule has 0 atom stereocenters. The zero-order valence-corrected chi connectivity index (χ0v) is 11.6. The van der Waals surface area contributed by atoms with Gasteiger partial charge in [0.05, 0.1) is 0 Å². The topological polar surface area (TPSA) is 26.3 Å². The van der Waals surface area contributed by atoms with Crippen molar-refractivity contribution in [1.29, 1.82) is 0 Å². The van der Waals surface area contributed by atoms with E-state index < -0.39 is 23.3 Å². The van der Waals surface area contributed by atoms with Gasteiger partial charge in [-0.3, -0.25) is 0 Å². The molecule has 0 radical (unpaired) electrons. The van der Waals surface area contributed by atoms with E-state index >= 15 is 0 Å². The van der Waals surface area contributed by atoms with E-state index in [0.29, 0.717) is 11.6 Å². The minimum absolute atomic E-state index is 0.358. The summed E-state index contributed by atoms with van der Waals surface area (Å²) in [7, 11) is 0. The summed E-state index contributed by atoms with van der Waals surface area (Å²) in [4.78, 5) is 11.5. The van der Waals surface area contributed by atoms with E-state index in [4.69, 9.17) is 4.74 Å². The Kier molecular flexibility index (Phi) is 4.98. The van der Waals surface area contributed by atoms with Crippen LogP contribution in [0.1, 0.15) is 26.3 Å². The number of carbonyl (C=O) groups excluding carboxylic acids is 1. The summed E-state index contributed by atoms with van der Waals surface area (Å²) >= 11 is 0. The minimum atomic E-state index is -4.56. The second-order valence-electron chi connectivity index (χ2n) is 5.36. The number of alkyl halides is 3. The van der Waals surface area contributed by atoms with Gasteiger partial charge in [-0.1, -0.05) is 30.3 Å². The van der Waals surface area contributed by atoms with Crippen LogP contribution < -0.4 is 0 Å². The van der Waals surface area contributed by atoms with Crippen molar-refractivity contribution in [2.45, 2.75) is 39.0 Å². The van der Waals surface area contributed by atoms with E-state index in [0.717, 1.165) is 0 Å². The van der Waals surface area contributed by atoms with E-state index in [-0.39, 0.29) is 6.42 Å². The molecule has 1 aromatic carbocycles. The molecule has 0 aliphatic heterocycles. The number of hydrogen-bond acceptors (Lipinski definition) is 2. The van der Waals surface area contributed by atoms with Crippen molar-refractivity contribution in [3.05, 3.63) is 47.5 Å². The van der Waals surface area contributed by atoms with Crippen molar-refractivity contribution in [3.8, 4) is 0 Å². The number of halogens is 3. The van der Waals surface area contributed by atoms with Gasteiger partial charge < -0.3 is 4.74 Å². The molecule has 0 bridgehead atoms. The number of ether oxygens (including phenoxy) is 1. The summed E-state index contributed by atoms with van der Waals surface area (Å²) in [6.07, 6.45) is -4.39. The molecule has 1 rings (SSSR count). The van der Waals surface area contributed by atoms with Crippen molar-refractivity contribution >= 4 is 5.97 Å². The van der Waals surface area contributed by atoms with E-state index in [2.05, 4.69) is 0 Å². The predicted octanol–water partition coefficient (Wildman–Crippen LogP) is 4.06. The Morgan fingerprint density at radius 2 is 1.70 bits per heavy atom. The fourth-order valence-electron chi connectivity index (χ4n) is 1.52. The van der Waals surface area contributed by atoms with Gasteiger partial charge in [0.1, 0.15) is 5.60 Å². The largest absolute Gasteiger partial charge is 0.457 e. The number of carbonyl (C=O) groups is 1. The summed E-state index contributed by atoms with van der Waals surface area (Å²) < 4.78 is 43.7. The number of hydrogen-bond donors (Lipinski definition) is 0. The maximum Gasteiger partial charge on any atom is 0.413 e. The van der Waals surface area contributed by atoms with Gasteiger partial charge in [0.25, 0.3) is 0 Å².